The summed E-state index contributed by atoms with van der Waals surface area (Å²) in [6, 6.07) is 6.26. The number of piperidine rings is 1. The normalized spacial score (nSPS) is 19.2. The zero-order chi connectivity index (χ0) is 13.8. The van der Waals surface area contributed by atoms with Crippen LogP contribution in [0.2, 0.25) is 0 Å². The number of nitrogens with zero attached hydrogens (tertiary/aromatic N) is 3. The van der Waals surface area contributed by atoms with Crippen LogP contribution in [0.4, 0.5) is 0 Å². The molecule has 3 rings (SSSR count). The number of amides is 1. The van der Waals surface area contributed by atoms with Crippen LogP contribution >= 0.6 is 11.3 Å². The minimum atomic E-state index is 0.254. The zero-order valence-corrected chi connectivity index (χ0v) is 12.3. The Labute approximate surface area is 123 Å². The van der Waals surface area contributed by atoms with Crippen molar-refractivity contribution in [3.8, 4) is 0 Å². The molecule has 0 radical (unpaired) electrons. The van der Waals surface area contributed by atoms with Crippen molar-refractivity contribution in [1.29, 1.82) is 0 Å². The quantitative estimate of drug-likeness (QED) is 0.867. The van der Waals surface area contributed by atoms with Crippen LogP contribution in [0.25, 0.3) is 0 Å². The second-order valence-electron chi connectivity index (χ2n) is 5.22. The lowest BCUT2D eigenvalue weighted by Gasteiger charge is -2.35. The number of aromatic nitrogens is 2. The molecule has 5 heteroatoms. The lowest BCUT2D eigenvalue weighted by molar-refractivity contribution is -0.134. The molecule has 0 N–H and O–H groups in total. The van der Waals surface area contributed by atoms with E-state index >= 15 is 0 Å². The minimum Gasteiger partial charge on any atom is -0.338 e. The van der Waals surface area contributed by atoms with Gasteiger partial charge in [0.15, 0.2) is 0 Å². The zero-order valence-electron chi connectivity index (χ0n) is 11.4. The fourth-order valence-electron chi connectivity index (χ4n) is 2.81. The average molecular weight is 289 g/mol. The molecule has 2 aromatic heterocycles. The van der Waals surface area contributed by atoms with Gasteiger partial charge in [-0.05, 0) is 36.8 Å². The van der Waals surface area contributed by atoms with Gasteiger partial charge in [-0.2, -0.15) is 5.10 Å². The van der Waals surface area contributed by atoms with Gasteiger partial charge in [-0.3, -0.25) is 9.48 Å². The first-order valence-electron chi connectivity index (χ1n) is 7.12. The SMILES string of the molecule is O=C(Cc1cccs1)N1CCCCC1Cn1cccn1. The van der Waals surface area contributed by atoms with E-state index in [0.29, 0.717) is 6.42 Å². The van der Waals surface area contributed by atoms with Crippen LogP contribution in [-0.4, -0.2) is 33.2 Å². The van der Waals surface area contributed by atoms with Gasteiger partial charge >= 0.3 is 0 Å². The number of carbonyl (C=O) groups is 1. The van der Waals surface area contributed by atoms with Gasteiger partial charge in [0.05, 0.1) is 19.0 Å². The topological polar surface area (TPSA) is 38.1 Å². The molecule has 1 saturated heterocycles. The summed E-state index contributed by atoms with van der Waals surface area (Å²) in [5.74, 6) is 0.254. The Hall–Kier alpha value is -1.62. The molecule has 1 aliphatic rings. The van der Waals surface area contributed by atoms with E-state index in [1.165, 1.54) is 6.42 Å². The van der Waals surface area contributed by atoms with Gasteiger partial charge in [0, 0.05) is 23.8 Å². The van der Waals surface area contributed by atoms with Crippen molar-refractivity contribution in [2.75, 3.05) is 6.54 Å². The Kier molecular flexibility index (Phi) is 4.16. The smallest absolute Gasteiger partial charge is 0.228 e. The molecule has 1 unspecified atom stereocenters. The predicted octanol–water partition coefficient (Wildman–Crippen LogP) is 2.57. The third kappa shape index (κ3) is 3.10. The van der Waals surface area contributed by atoms with E-state index in [1.54, 1.807) is 17.5 Å². The molecule has 1 aliphatic heterocycles. The molecule has 3 heterocycles. The molecule has 4 nitrogen and oxygen atoms in total. The van der Waals surface area contributed by atoms with Crippen molar-refractivity contribution in [3.63, 3.8) is 0 Å². The summed E-state index contributed by atoms with van der Waals surface area (Å²) < 4.78 is 1.93. The lowest BCUT2D eigenvalue weighted by atomic mass is 10.0. The van der Waals surface area contributed by atoms with Crippen molar-refractivity contribution in [3.05, 3.63) is 40.8 Å². The molecule has 1 atom stereocenters. The van der Waals surface area contributed by atoms with Gasteiger partial charge in [0.1, 0.15) is 0 Å². The molecule has 1 amide bonds. The van der Waals surface area contributed by atoms with E-state index in [2.05, 4.69) is 10.00 Å². The Bertz CT molecular complexity index is 535. The van der Waals surface area contributed by atoms with Crippen molar-refractivity contribution in [1.82, 2.24) is 14.7 Å². The highest BCUT2D eigenvalue weighted by Crippen LogP contribution is 2.20. The molecule has 106 valence electrons. The lowest BCUT2D eigenvalue weighted by Crippen LogP contribution is -2.46. The fourth-order valence-corrected chi connectivity index (χ4v) is 3.50. The van der Waals surface area contributed by atoms with Gasteiger partial charge in [-0.25, -0.2) is 0 Å². The van der Waals surface area contributed by atoms with E-state index in [0.717, 1.165) is 30.8 Å². The third-order valence-electron chi connectivity index (χ3n) is 3.81. The van der Waals surface area contributed by atoms with Crippen molar-refractivity contribution in [2.45, 2.75) is 38.3 Å². The Morgan fingerprint density at radius 2 is 2.35 bits per heavy atom. The highest BCUT2D eigenvalue weighted by molar-refractivity contribution is 7.10. The third-order valence-corrected chi connectivity index (χ3v) is 4.69. The highest BCUT2D eigenvalue weighted by atomic mass is 32.1. The second-order valence-corrected chi connectivity index (χ2v) is 6.25. The van der Waals surface area contributed by atoms with Crippen molar-refractivity contribution < 1.29 is 4.79 Å². The maximum atomic E-state index is 12.5. The molecule has 0 bridgehead atoms. The molecular formula is C15H19N3OS. The largest absolute Gasteiger partial charge is 0.338 e. The van der Waals surface area contributed by atoms with Gasteiger partial charge in [-0.15, -0.1) is 11.3 Å². The first-order valence-corrected chi connectivity index (χ1v) is 8.00. The predicted molar refractivity (Wildman–Crippen MR) is 79.6 cm³/mol. The molecule has 0 saturated carbocycles. The Morgan fingerprint density at radius 1 is 1.40 bits per heavy atom. The number of thiophene rings is 1. The van der Waals surface area contributed by atoms with Crippen LogP contribution in [0.3, 0.4) is 0 Å². The van der Waals surface area contributed by atoms with Crippen molar-refractivity contribution in [2.24, 2.45) is 0 Å². The standard InChI is InChI=1S/C15H19N3OS/c19-15(11-14-6-3-10-20-14)18-9-2-1-5-13(18)12-17-8-4-7-16-17/h3-4,6-8,10,13H,1-2,5,9,11-12H2. The number of rotatable bonds is 4. The van der Waals surface area contributed by atoms with Crippen LogP contribution < -0.4 is 0 Å². The van der Waals surface area contributed by atoms with Crippen LogP contribution in [0, 0.1) is 0 Å². The van der Waals surface area contributed by atoms with Crippen LogP contribution in [0.1, 0.15) is 24.1 Å². The maximum absolute atomic E-state index is 12.5. The number of hydrogen-bond donors (Lipinski definition) is 0. The molecular weight excluding hydrogens is 270 g/mol. The molecule has 20 heavy (non-hydrogen) atoms. The summed E-state index contributed by atoms with van der Waals surface area (Å²) in [5, 5.41) is 6.29. The number of likely N-dealkylation sites (tertiary alicyclic amines) is 1. The summed E-state index contributed by atoms with van der Waals surface area (Å²) in [6.07, 6.45) is 7.70. The van der Waals surface area contributed by atoms with E-state index in [-0.39, 0.29) is 11.9 Å². The highest BCUT2D eigenvalue weighted by Gasteiger charge is 2.27. The van der Waals surface area contributed by atoms with Gasteiger partial charge < -0.3 is 4.90 Å². The summed E-state index contributed by atoms with van der Waals surface area (Å²) in [5.41, 5.74) is 0. The van der Waals surface area contributed by atoms with E-state index in [4.69, 9.17) is 0 Å². The number of carbonyl (C=O) groups excluding carboxylic acids is 1. The first kappa shape index (κ1) is 13.4. The molecule has 0 aliphatic carbocycles. The van der Waals surface area contributed by atoms with Gasteiger partial charge in [0.2, 0.25) is 5.91 Å². The van der Waals surface area contributed by atoms with Crippen LogP contribution in [0.5, 0.6) is 0 Å². The summed E-state index contributed by atoms with van der Waals surface area (Å²) in [4.78, 5) is 15.7. The maximum Gasteiger partial charge on any atom is 0.228 e. The van der Waals surface area contributed by atoms with E-state index in [9.17, 15) is 4.79 Å². The van der Waals surface area contributed by atoms with Crippen molar-refractivity contribution >= 4 is 17.2 Å². The van der Waals surface area contributed by atoms with E-state index < -0.39 is 0 Å². The fraction of sp³-hybridized carbons (Fsp3) is 0.467. The number of hydrogen-bond acceptors (Lipinski definition) is 3. The molecule has 2 aromatic rings. The van der Waals surface area contributed by atoms with Gasteiger partial charge in [-0.1, -0.05) is 6.07 Å². The summed E-state index contributed by atoms with van der Waals surface area (Å²) in [7, 11) is 0. The Balaban J connectivity index is 1.66. The monoisotopic (exact) mass is 289 g/mol. The summed E-state index contributed by atoms with van der Waals surface area (Å²) in [6.45, 7) is 1.69. The molecule has 1 fully saturated rings. The molecule has 0 aromatic carbocycles. The molecule has 0 spiro atoms. The van der Waals surface area contributed by atoms with Crippen LogP contribution in [0.15, 0.2) is 36.0 Å². The first-order chi connectivity index (χ1) is 9.83. The average Bonchev–Trinajstić information content (AvgIpc) is 3.13. The van der Waals surface area contributed by atoms with E-state index in [1.807, 2.05) is 34.5 Å². The second kappa shape index (κ2) is 6.22. The van der Waals surface area contributed by atoms with Gasteiger partial charge in [0.25, 0.3) is 0 Å². The minimum absolute atomic E-state index is 0.254. The summed E-state index contributed by atoms with van der Waals surface area (Å²) >= 11 is 1.66. The Morgan fingerprint density at radius 3 is 3.10 bits per heavy atom. The van der Waals surface area contributed by atoms with Crippen LogP contribution in [-0.2, 0) is 17.8 Å².